The van der Waals surface area contributed by atoms with Crippen molar-refractivity contribution in [1.82, 2.24) is 35.3 Å². The quantitative estimate of drug-likeness (QED) is 0.559. The normalized spacial score (nSPS) is 14.6. The fourth-order valence-electron chi connectivity index (χ4n) is 3.79. The molecule has 4 aromatic heterocycles. The van der Waals surface area contributed by atoms with E-state index < -0.39 is 0 Å². The molecule has 8 heteroatoms. The van der Waals surface area contributed by atoms with E-state index in [0.717, 1.165) is 72.1 Å². The lowest BCUT2D eigenvalue weighted by atomic mass is 10.1. The number of nitrogens with zero attached hydrogens (tertiary/aromatic N) is 6. The number of H-pyrrole nitrogens is 1. The van der Waals surface area contributed by atoms with Crippen molar-refractivity contribution in [2.75, 3.05) is 31.1 Å². The first-order valence-corrected chi connectivity index (χ1v) is 10.0. The Bertz CT molecular complexity index is 1150. The summed E-state index contributed by atoms with van der Waals surface area (Å²) in [6.45, 7) is 8.92. The van der Waals surface area contributed by atoms with Crippen LogP contribution in [0.2, 0.25) is 0 Å². The molecule has 0 amide bonds. The Morgan fingerprint density at radius 3 is 2.76 bits per heavy atom. The van der Waals surface area contributed by atoms with Crippen LogP contribution in [0, 0.1) is 6.92 Å². The zero-order chi connectivity index (χ0) is 19.8. The zero-order valence-corrected chi connectivity index (χ0v) is 16.7. The first-order chi connectivity index (χ1) is 14.2. The number of aromatic amines is 1. The van der Waals surface area contributed by atoms with Crippen molar-refractivity contribution in [2.24, 2.45) is 0 Å². The van der Waals surface area contributed by atoms with Gasteiger partial charge in [0.1, 0.15) is 11.5 Å². The predicted octanol–water partition coefficient (Wildman–Crippen LogP) is 2.62. The number of pyridine rings is 2. The Balaban J connectivity index is 1.57. The Labute approximate surface area is 169 Å². The first-order valence-electron chi connectivity index (χ1n) is 10.0. The second-order valence-corrected chi connectivity index (χ2v) is 7.35. The lowest BCUT2D eigenvalue weighted by Crippen LogP contribution is -2.44. The van der Waals surface area contributed by atoms with Gasteiger partial charge in [0.15, 0.2) is 0 Å². The van der Waals surface area contributed by atoms with Gasteiger partial charge in [0.25, 0.3) is 0 Å². The Morgan fingerprint density at radius 1 is 1.10 bits per heavy atom. The van der Waals surface area contributed by atoms with Crippen molar-refractivity contribution in [3.63, 3.8) is 0 Å². The zero-order valence-electron chi connectivity index (χ0n) is 16.7. The van der Waals surface area contributed by atoms with E-state index in [1.54, 1.807) is 0 Å². The van der Waals surface area contributed by atoms with Gasteiger partial charge >= 0.3 is 0 Å². The van der Waals surface area contributed by atoms with Gasteiger partial charge in [-0.25, -0.2) is 4.98 Å². The molecule has 8 nitrogen and oxygen atoms in total. The topological polar surface area (TPSA) is 87.5 Å². The lowest BCUT2D eigenvalue weighted by Gasteiger charge is -2.29. The highest BCUT2D eigenvalue weighted by atomic mass is 15.3. The van der Waals surface area contributed by atoms with Gasteiger partial charge in [0, 0.05) is 49.9 Å². The van der Waals surface area contributed by atoms with Gasteiger partial charge in [-0.3, -0.25) is 14.8 Å². The van der Waals surface area contributed by atoms with Crippen LogP contribution in [0.25, 0.3) is 33.5 Å². The molecule has 148 valence electrons. The number of piperazine rings is 1. The van der Waals surface area contributed by atoms with Crippen LogP contribution in [-0.2, 0) is 6.54 Å². The minimum absolute atomic E-state index is 0.835. The number of rotatable bonds is 4. The smallest absolute Gasteiger partial charge is 0.132 e. The molecule has 2 N–H and O–H groups in total. The van der Waals surface area contributed by atoms with Crippen LogP contribution in [0.15, 0.2) is 36.8 Å². The molecule has 0 saturated carbocycles. The van der Waals surface area contributed by atoms with E-state index in [1.807, 2.05) is 29.3 Å². The van der Waals surface area contributed by atoms with Gasteiger partial charge in [-0.15, -0.1) is 0 Å². The van der Waals surface area contributed by atoms with Crippen LogP contribution in [0.4, 0.5) is 5.82 Å². The Morgan fingerprint density at radius 2 is 1.97 bits per heavy atom. The third-order valence-corrected chi connectivity index (χ3v) is 5.43. The molecular formula is C21H24N8. The van der Waals surface area contributed by atoms with Crippen molar-refractivity contribution in [3.05, 3.63) is 42.4 Å². The maximum Gasteiger partial charge on any atom is 0.132 e. The molecule has 4 aromatic rings. The summed E-state index contributed by atoms with van der Waals surface area (Å²) in [6, 6.07) is 6.25. The molecule has 1 aliphatic heterocycles. The van der Waals surface area contributed by atoms with Gasteiger partial charge in [0.2, 0.25) is 0 Å². The van der Waals surface area contributed by atoms with Crippen molar-refractivity contribution in [2.45, 2.75) is 20.4 Å². The largest absolute Gasteiger partial charge is 0.354 e. The summed E-state index contributed by atoms with van der Waals surface area (Å²) in [5, 5.41) is 16.4. The van der Waals surface area contributed by atoms with E-state index >= 15 is 0 Å². The fraction of sp³-hybridized carbons (Fsp3) is 0.333. The average Bonchev–Trinajstić information content (AvgIpc) is 3.41. The number of aryl methyl sites for hydroxylation is 2. The molecule has 0 aliphatic carbocycles. The van der Waals surface area contributed by atoms with Crippen LogP contribution in [0.5, 0.6) is 0 Å². The van der Waals surface area contributed by atoms with E-state index in [4.69, 9.17) is 4.98 Å². The Hall–Kier alpha value is -3.26. The molecule has 0 bridgehead atoms. The minimum Gasteiger partial charge on any atom is -0.354 e. The van der Waals surface area contributed by atoms with Crippen LogP contribution in [0.3, 0.4) is 0 Å². The monoisotopic (exact) mass is 388 g/mol. The molecule has 0 atom stereocenters. The predicted molar refractivity (Wildman–Crippen MR) is 114 cm³/mol. The number of hydrogen-bond donors (Lipinski definition) is 2. The van der Waals surface area contributed by atoms with E-state index in [1.165, 1.54) is 5.56 Å². The number of fused-ring (bicyclic) bond motifs is 1. The molecule has 0 spiro atoms. The highest BCUT2D eigenvalue weighted by molar-refractivity contribution is 5.93. The van der Waals surface area contributed by atoms with Crippen LogP contribution < -0.4 is 10.2 Å². The van der Waals surface area contributed by atoms with E-state index in [-0.39, 0.29) is 0 Å². The van der Waals surface area contributed by atoms with Crippen molar-refractivity contribution in [1.29, 1.82) is 0 Å². The van der Waals surface area contributed by atoms with Crippen LogP contribution in [0.1, 0.15) is 12.5 Å². The van der Waals surface area contributed by atoms with E-state index in [9.17, 15) is 0 Å². The minimum atomic E-state index is 0.835. The molecule has 0 unspecified atom stereocenters. The SMILES string of the molecule is CCn1cc(-c2cc3c(-c4ccc(C)c(N5CCNCC5)n4)n[nH]c3cn2)cn1. The second kappa shape index (κ2) is 7.29. The van der Waals surface area contributed by atoms with Gasteiger partial charge in [-0.2, -0.15) is 10.2 Å². The first kappa shape index (κ1) is 17.8. The number of hydrogen-bond acceptors (Lipinski definition) is 6. The summed E-state index contributed by atoms with van der Waals surface area (Å²) >= 11 is 0. The fourth-order valence-corrected chi connectivity index (χ4v) is 3.79. The summed E-state index contributed by atoms with van der Waals surface area (Å²) in [6.07, 6.45) is 5.69. The molecule has 0 radical (unpaired) electrons. The van der Waals surface area contributed by atoms with E-state index in [0.29, 0.717) is 0 Å². The van der Waals surface area contributed by atoms with Gasteiger partial charge < -0.3 is 10.2 Å². The highest BCUT2D eigenvalue weighted by Gasteiger charge is 2.17. The maximum absolute atomic E-state index is 4.99. The van der Waals surface area contributed by atoms with Crippen molar-refractivity contribution in [3.8, 4) is 22.6 Å². The molecular weight excluding hydrogens is 364 g/mol. The number of anilines is 1. The summed E-state index contributed by atoms with van der Waals surface area (Å²) in [4.78, 5) is 11.9. The molecule has 1 aliphatic rings. The maximum atomic E-state index is 4.99. The van der Waals surface area contributed by atoms with Gasteiger partial charge in [-0.05, 0) is 31.5 Å². The molecule has 5 heterocycles. The second-order valence-electron chi connectivity index (χ2n) is 7.35. The van der Waals surface area contributed by atoms with Crippen LogP contribution >= 0.6 is 0 Å². The molecule has 0 aromatic carbocycles. The number of nitrogens with one attached hydrogen (secondary N) is 2. The van der Waals surface area contributed by atoms with E-state index in [2.05, 4.69) is 56.5 Å². The summed E-state index contributed by atoms with van der Waals surface area (Å²) in [7, 11) is 0. The summed E-state index contributed by atoms with van der Waals surface area (Å²) < 4.78 is 1.90. The van der Waals surface area contributed by atoms with Crippen molar-refractivity contribution < 1.29 is 0 Å². The van der Waals surface area contributed by atoms with Crippen molar-refractivity contribution >= 4 is 16.7 Å². The lowest BCUT2D eigenvalue weighted by molar-refractivity contribution is 0.584. The van der Waals surface area contributed by atoms with Crippen LogP contribution in [-0.4, -0.2) is 56.1 Å². The molecule has 1 fully saturated rings. The highest BCUT2D eigenvalue weighted by Crippen LogP contribution is 2.30. The van der Waals surface area contributed by atoms with Gasteiger partial charge in [-0.1, -0.05) is 6.07 Å². The summed E-state index contributed by atoms with van der Waals surface area (Å²) in [5.74, 6) is 1.04. The number of aromatic nitrogens is 6. The average molecular weight is 388 g/mol. The molecule has 5 rings (SSSR count). The Kier molecular flexibility index (Phi) is 4.48. The standard InChI is InChI=1S/C21H24N8/c1-3-29-13-15(11-24-29)18-10-16-19(12-23-18)26-27-20(16)17-5-4-14(2)21(25-17)28-8-6-22-7-9-28/h4-5,10-13,22H,3,6-9H2,1-2H3,(H,26,27). The summed E-state index contributed by atoms with van der Waals surface area (Å²) in [5.41, 5.74) is 5.69. The third-order valence-electron chi connectivity index (χ3n) is 5.43. The third kappa shape index (κ3) is 3.25. The van der Waals surface area contributed by atoms with Gasteiger partial charge in [0.05, 0.1) is 29.3 Å². The molecule has 29 heavy (non-hydrogen) atoms. The molecule has 1 saturated heterocycles.